The lowest BCUT2D eigenvalue weighted by atomic mass is 10.1. The van der Waals surface area contributed by atoms with E-state index in [1.165, 1.54) is 6.08 Å². The molecule has 1 saturated heterocycles. The van der Waals surface area contributed by atoms with Gasteiger partial charge in [-0.1, -0.05) is 6.58 Å². The number of carbonyl (C=O) groups excluding carboxylic acids is 1. The van der Waals surface area contributed by atoms with E-state index in [-0.39, 0.29) is 12.0 Å². The highest BCUT2D eigenvalue weighted by Crippen LogP contribution is 2.17. The normalized spacial score (nSPS) is 16.0. The summed E-state index contributed by atoms with van der Waals surface area (Å²) < 4.78 is 11.0. The Hall–Kier alpha value is -1.88. The minimum Gasteiger partial charge on any atom is -0.474 e. The molecule has 18 heavy (non-hydrogen) atoms. The first kappa shape index (κ1) is 12.6. The SMILES string of the molecule is C=CC(=O)Nc1ccc(OC2CCOCC2)nc1. The molecule has 1 amide bonds. The topological polar surface area (TPSA) is 60.5 Å². The molecule has 5 heteroatoms. The van der Waals surface area contributed by atoms with Crippen molar-refractivity contribution in [2.45, 2.75) is 18.9 Å². The Morgan fingerprint density at radius 1 is 1.50 bits per heavy atom. The molecule has 0 spiro atoms. The van der Waals surface area contributed by atoms with Gasteiger partial charge in [0.1, 0.15) is 6.10 Å². The van der Waals surface area contributed by atoms with E-state index in [0.29, 0.717) is 11.6 Å². The van der Waals surface area contributed by atoms with Gasteiger partial charge >= 0.3 is 0 Å². The molecule has 1 aliphatic heterocycles. The average molecular weight is 248 g/mol. The molecule has 1 aromatic rings. The molecule has 1 N–H and O–H groups in total. The van der Waals surface area contributed by atoms with Crippen LogP contribution in [0.3, 0.4) is 0 Å². The fourth-order valence-corrected chi connectivity index (χ4v) is 1.68. The third-order valence-corrected chi connectivity index (χ3v) is 2.65. The quantitative estimate of drug-likeness (QED) is 0.825. The summed E-state index contributed by atoms with van der Waals surface area (Å²) in [6.45, 7) is 4.85. The maximum atomic E-state index is 11.1. The average Bonchev–Trinajstić information content (AvgIpc) is 2.42. The molecule has 0 unspecified atom stereocenters. The van der Waals surface area contributed by atoms with E-state index in [1.807, 2.05) is 0 Å². The number of nitrogens with one attached hydrogen (secondary N) is 1. The minimum atomic E-state index is -0.255. The van der Waals surface area contributed by atoms with E-state index in [2.05, 4.69) is 16.9 Å². The lowest BCUT2D eigenvalue weighted by molar-refractivity contribution is -0.111. The summed E-state index contributed by atoms with van der Waals surface area (Å²) in [6, 6.07) is 3.50. The smallest absolute Gasteiger partial charge is 0.247 e. The van der Waals surface area contributed by atoms with Crippen molar-refractivity contribution in [1.29, 1.82) is 0 Å². The highest BCUT2D eigenvalue weighted by molar-refractivity contribution is 5.98. The molecule has 0 radical (unpaired) electrons. The Labute approximate surface area is 106 Å². The second kappa shape index (κ2) is 6.16. The van der Waals surface area contributed by atoms with Crippen LogP contribution < -0.4 is 10.1 Å². The standard InChI is InChI=1S/C13H16N2O3/c1-2-12(16)15-10-3-4-13(14-9-10)18-11-5-7-17-8-6-11/h2-4,9,11H,1,5-8H2,(H,15,16). The van der Waals surface area contributed by atoms with Gasteiger partial charge in [0.2, 0.25) is 11.8 Å². The molecule has 1 aromatic heterocycles. The monoisotopic (exact) mass is 248 g/mol. The van der Waals surface area contributed by atoms with Gasteiger partial charge in [-0.25, -0.2) is 4.98 Å². The van der Waals surface area contributed by atoms with E-state index in [0.717, 1.165) is 26.1 Å². The van der Waals surface area contributed by atoms with Crippen molar-refractivity contribution in [3.63, 3.8) is 0 Å². The highest BCUT2D eigenvalue weighted by Gasteiger charge is 2.15. The van der Waals surface area contributed by atoms with Gasteiger partial charge < -0.3 is 14.8 Å². The van der Waals surface area contributed by atoms with Crippen LogP contribution in [0.1, 0.15) is 12.8 Å². The summed E-state index contributed by atoms with van der Waals surface area (Å²) in [5.41, 5.74) is 0.624. The number of rotatable bonds is 4. The van der Waals surface area contributed by atoms with Crippen molar-refractivity contribution < 1.29 is 14.3 Å². The molecule has 0 aliphatic carbocycles. The molecule has 0 saturated carbocycles. The van der Waals surface area contributed by atoms with Gasteiger partial charge in [-0.15, -0.1) is 0 Å². The van der Waals surface area contributed by atoms with Gasteiger partial charge in [0.05, 0.1) is 25.1 Å². The van der Waals surface area contributed by atoms with E-state index < -0.39 is 0 Å². The second-order valence-corrected chi connectivity index (χ2v) is 4.01. The number of hydrogen-bond acceptors (Lipinski definition) is 4. The summed E-state index contributed by atoms with van der Waals surface area (Å²) >= 11 is 0. The zero-order valence-electron chi connectivity index (χ0n) is 10.1. The largest absolute Gasteiger partial charge is 0.474 e. The fourth-order valence-electron chi connectivity index (χ4n) is 1.68. The van der Waals surface area contributed by atoms with E-state index in [4.69, 9.17) is 9.47 Å². The van der Waals surface area contributed by atoms with Crippen molar-refractivity contribution in [3.05, 3.63) is 31.0 Å². The number of anilines is 1. The van der Waals surface area contributed by atoms with E-state index in [1.54, 1.807) is 18.3 Å². The zero-order chi connectivity index (χ0) is 12.8. The molecule has 96 valence electrons. The van der Waals surface area contributed by atoms with Crippen LogP contribution in [0.25, 0.3) is 0 Å². The predicted molar refractivity (Wildman–Crippen MR) is 67.5 cm³/mol. The van der Waals surface area contributed by atoms with E-state index in [9.17, 15) is 4.79 Å². The molecular formula is C13H16N2O3. The van der Waals surface area contributed by atoms with Crippen molar-refractivity contribution in [2.75, 3.05) is 18.5 Å². The third kappa shape index (κ3) is 3.56. The molecule has 0 bridgehead atoms. The molecule has 2 rings (SSSR count). The van der Waals surface area contributed by atoms with Crippen molar-refractivity contribution in [1.82, 2.24) is 4.98 Å². The van der Waals surface area contributed by atoms with E-state index >= 15 is 0 Å². The van der Waals surface area contributed by atoms with Crippen LogP contribution in [0.4, 0.5) is 5.69 Å². The minimum absolute atomic E-state index is 0.167. The Morgan fingerprint density at radius 2 is 2.28 bits per heavy atom. The molecule has 0 aromatic carbocycles. The molecule has 2 heterocycles. The molecule has 0 atom stereocenters. The zero-order valence-corrected chi connectivity index (χ0v) is 10.1. The fraction of sp³-hybridized carbons (Fsp3) is 0.385. The number of nitrogens with zero attached hydrogens (tertiary/aromatic N) is 1. The number of ether oxygens (including phenoxy) is 2. The van der Waals surface area contributed by atoms with Crippen LogP contribution in [0.15, 0.2) is 31.0 Å². The summed E-state index contributed by atoms with van der Waals surface area (Å²) in [5, 5.41) is 2.63. The maximum Gasteiger partial charge on any atom is 0.247 e. The number of pyridine rings is 1. The van der Waals surface area contributed by atoms with Crippen molar-refractivity contribution in [3.8, 4) is 5.88 Å². The first-order valence-electron chi connectivity index (χ1n) is 5.92. The van der Waals surface area contributed by atoms with Crippen LogP contribution in [0.5, 0.6) is 5.88 Å². The number of hydrogen-bond donors (Lipinski definition) is 1. The molecule has 1 fully saturated rings. The summed E-state index contributed by atoms with van der Waals surface area (Å²) in [5.74, 6) is 0.313. The number of amides is 1. The summed E-state index contributed by atoms with van der Waals surface area (Å²) in [7, 11) is 0. The summed E-state index contributed by atoms with van der Waals surface area (Å²) in [6.07, 6.45) is 4.72. The van der Waals surface area contributed by atoms with Crippen LogP contribution in [-0.2, 0) is 9.53 Å². The van der Waals surface area contributed by atoms with Gasteiger partial charge in [-0.2, -0.15) is 0 Å². The van der Waals surface area contributed by atoms with Gasteiger partial charge in [0.25, 0.3) is 0 Å². The predicted octanol–water partition coefficient (Wildman–Crippen LogP) is 1.76. The van der Waals surface area contributed by atoms with Crippen molar-refractivity contribution in [2.24, 2.45) is 0 Å². The van der Waals surface area contributed by atoms with Gasteiger partial charge in [-0.3, -0.25) is 4.79 Å². The Kier molecular flexibility index (Phi) is 4.30. The third-order valence-electron chi connectivity index (χ3n) is 2.65. The van der Waals surface area contributed by atoms with Gasteiger partial charge in [0.15, 0.2) is 0 Å². The van der Waals surface area contributed by atoms with Gasteiger partial charge in [-0.05, 0) is 12.1 Å². The first-order valence-corrected chi connectivity index (χ1v) is 5.92. The van der Waals surface area contributed by atoms with Gasteiger partial charge in [0, 0.05) is 18.9 Å². The maximum absolute atomic E-state index is 11.1. The van der Waals surface area contributed by atoms with Crippen molar-refractivity contribution >= 4 is 11.6 Å². The lowest BCUT2D eigenvalue weighted by Crippen LogP contribution is -2.26. The number of aromatic nitrogens is 1. The first-order chi connectivity index (χ1) is 8.78. The second-order valence-electron chi connectivity index (χ2n) is 4.01. The molecule has 5 nitrogen and oxygen atoms in total. The Bertz CT molecular complexity index is 411. The van der Waals surface area contributed by atoms with Crippen LogP contribution in [0.2, 0.25) is 0 Å². The lowest BCUT2D eigenvalue weighted by Gasteiger charge is -2.22. The van der Waals surface area contributed by atoms with Crippen LogP contribution >= 0.6 is 0 Å². The summed E-state index contributed by atoms with van der Waals surface area (Å²) in [4.78, 5) is 15.2. The Morgan fingerprint density at radius 3 is 2.89 bits per heavy atom. The Balaban J connectivity index is 1.90. The van der Waals surface area contributed by atoms with Crippen LogP contribution in [0, 0.1) is 0 Å². The molecular weight excluding hydrogens is 232 g/mol. The highest BCUT2D eigenvalue weighted by atomic mass is 16.5. The molecule has 1 aliphatic rings. The van der Waals surface area contributed by atoms with Crippen LogP contribution in [-0.4, -0.2) is 30.2 Å². The number of carbonyl (C=O) groups is 1.